The van der Waals surface area contributed by atoms with Crippen molar-refractivity contribution in [2.75, 3.05) is 7.11 Å². The van der Waals surface area contributed by atoms with Crippen LogP contribution in [0.1, 0.15) is 36.0 Å². The number of aromatic hydroxyl groups is 1. The van der Waals surface area contributed by atoms with Gasteiger partial charge in [0.1, 0.15) is 0 Å². The van der Waals surface area contributed by atoms with Crippen LogP contribution in [0, 0.1) is 11.8 Å². The highest BCUT2D eigenvalue weighted by atomic mass is 16.5. The molecule has 0 saturated heterocycles. The fraction of sp³-hybridized carbons (Fsp3) is 0.533. The van der Waals surface area contributed by atoms with Gasteiger partial charge in [-0.25, -0.2) is 0 Å². The zero-order valence-corrected chi connectivity index (χ0v) is 11.1. The summed E-state index contributed by atoms with van der Waals surface area (Å²) in [5, 5.41) is 13.1. The molecule has 0 heterocycles. The molecule has 2 N–H and O–H groups in total. The number of amides is 1. The van der Waals surface area contributed by atoms with Gasteiger partial charge in [-0.3, -0.25) is 4.79 Å². The average molecular weight is 261 g/mol. The molecule has 0 aromatic heterocycles. The topological polar surface area (TPSA) is 58.6 Å². The summed E-state index contributed by atoms with van der Waals surface area (Å²) >= 11 is 0. The summed E-state index contributed by atoms with van der Waals surface area (Å²) in [6.45, 7) is 0. The molecule has 0 bridgehead atoms. The van der Waals surface area contributed by atoms with Crippen LogP contribution in [-0.4, -0.2) is 24.2 Å². The van der Waals surface area contributed by atoms with Gasteiger partial charge in [-0.15, -0.1) is 0 Å². The van der Waals surface area contributed by atoms with E-state index in [1.807, 2.05) is 0 Å². The Kier molecular flexibility index (Phi) is 3.09. The quantitative estimate of drug-likeness (QED) is 0.855. The highest BCUT2D eigenvalue weighted by molar-refractivity contribution is 5.97. The summed E-state index contributed by atoms with van der Waals surface area (Å²) in [6, 6.07) is 5.28. The number of carbonyl (C=O) groups excluding carboxylic acids is 1. The van der Waals surface area contributed by atoms with E-state index in [-0.39, 0.29) is 17.7 Å². The number of hydrogen-bond donors (Lipinski definition) is 2. The molecule has 0 unspecified atom stereocenters. The van der Waals surface area contributed by atoms with Crippen molar-refractivity contribution in [2.45, 2.75) is 31.7 Å². The Morgan fingerprint density at radius 3 is 2.47 bits per heavy atom. The van der Waals surface area contributed by atoms with E-state index in [0.717, 1.165) is 0 Å². The summed E-state index contributed by atoms with van der Waals surface area (Å²) < 4.78 is 5.03. The largest absolute Gasteiger partial charge is 0.504 e. The number of nitrogens with one attached hydrogen (secondary N) is 1. The van der Waals surface area contributed by atoms with Crippen LogP contribution in [0.25, 0.3) is 0 Å². The van der Waals surface area contributed by atoms with Crippen molar-refractivity contribution < 1.29 is 14.6 Å². The van der Waals surface area contributed by atoms with E-state index in [2.05, 4.69) is 5.32 Å². The van der Waals surface area contributed by atoms with Crippen LogP contribution in [0.15, 0.2) is 18.2 Å². The number of methoxy groups -OCH3 is 1. The summed E-state index contributed by atoms with van der Waals surface area (Å²) in [5.74, 6) is 1.35. The van der Waals surface area contributed by atoms with E-state index in [1.54, 1.807) is 18.2 Å². The van der Waals surface area contributed by atoms with E-state index >= 15 is 0 Å². The third kappa shape index (κ3) is 2.53. The Balaban J connectivity index is 1.75. The van der Waals surface area contributed by atoms with Gasteiger partial charge in [-0.1, -0.05) is 6.07 Å². The van der Waals surface area contributed by atoms with Gasteiger partial charge < -0.3 is 15.2 Å². The van der Waals surface area contributed by atoms with E-state index < -0.39 is 0 Å². The summed E-state index contributed by atoms with van der Waals surface area (Å²) in [4.78, 5) is 12.3. The zero-order chi connectivity index (χ0) is 13.4. The second-order valence-corrected chi connectivity index (χ2v) is 5.53. The maximum absolute atomic E-state index is 12.3. The number of carbonyl (C=O) groups is 1. The Labute approximate surface area is 112 Å². The molecule has 0 radical (unpaired) electrons. The van der Waals surface area contributed by atoms with Crippen molar-refractivity contribution >= 4 is 5.91 Å². The first-order valence-electron chi connectivity index (χ1n) is 6.87. The van der Waals surface area contributed by atoms with Gasteiger partial charge in [-0.05, 0) is 49.7 Å². The second-order valence-electron chi connectivity index (χ2n) is 5.53. The highest BCUT2D eigenvalue weighted by Gasteiger charge is 2.42. The Bertz CT molecular complexity index is 480. The SMILES string of the molecule is COc1cccc(C(=O)NC(C2CC2)C2CC2)c1O. The smallest absolute Gasteiger partial charge is 0.255 e. The lowest BCUT2D eigenvalue weighted by atomic mass is 10.1. The molecule has 3 rings (SSSR count). The van der Waals surface area contributed by atoms with E-state index in [4.69, 9.17) is 4.74 Å². The Hall–Kier alpha value is -1.71. The fourth-order valence-corrected chi connectivity index (χ4v) is 2.63. The van der Waals surface area contributed by atoms with Crippen LogP contribution in [0.4, 0.5) is 0 Å². The maximum atomic E-state index is 12.3. The van der Waals surface area contributed by atoms with Gasteiger partial charge in [0, 0.05) is 6.04 Å². The fourth-order valence-electron chi connectivity index (χ4n) is 2.63. The maximum Gasteiger partial charge on any atom is 0.255 e. The first-order valence-corrected chi connectivity index (χ1v) is 6.87. The third-order valence-electron chi connectivity index (χ3n) is 4.02. The van der Waals surface area contributed by atoms with Crippen molar-refractivity contribution in [1.82, 2.24) is 5.32 Å². The normalized spacial score (nSPS) is 18.4. The number of phenols is 1. The molecule has 0 aliphatic heterocycles. The molecule has 2 aliphatic rings. The van der Waals surface area contributed by atoms with Crippen molar-refractivity contribution in [1.29, 1.82) is 0 Å². The summed E-state index contributed by atoms with van der Waals surface area (Å²) in [7, 11) is 1.48. The molecule has 2 fully saturated rings. The molecule has 1 aromatic carbocycles. The zero-order valence-electron chi connectivity index (χ0n) is 11.1. The van der Waals surface area contributed by atoms with Gasteiger partial charge >= 0.3 is 0 Å². The van der Waals surface area contributed by atoms with Crippen molar-refractivity contribution in [3.8, 4) is 11.5 Å². The minimum absolute atomic E-state index is 0.0761. The van der Waals surface area contributed by atoms with Gasteiger partial charge in [0.25, 0.3) is 5.91 Å². The van der Waals surface area contributed by atoms with Crippen LogP contribution < -0.4 is 10.1 Å². The van der Waals surface area contributed by atoms with Crippen LogP contribution in [0.5, 0.6) is 11.5 Å². The lowest BCUT2D eigenvalue weighted by molar-refractivity contribution is 0.0923. The van der Waals surface area contributed by atoms with Crippen molar-refractivity contribution in [3.63, 3.8) is 0 Å². The molecule has 0 spiro atoms. The molecule has 2 saturated carbocycles. The van der Waals surface area contributed by atoms with Crippen LogP contribution in [0.2, 0.25) is 0 Å². The molecule has 1 amide bonds. The summed E-state index contributed by atoms with van der Waals surface area (Å²) in [6.07, 6.45) is 4.86. The molecule has 2 aliphatic carbocycles. The van der Waals surface area contributed by atoms with Crippen molar-refractivity contribution in [2.24, 2.45) is 11.8 Å². The number of ether oxygens (including phenoxy) is 1. The van der Waals surface area contributed by atoms with Crippen LogP contribution >= 0.6 is 0 Å². The molecule has 4 nitrogen and oxygen atoms in total. The van der Waals surface area contributed by atoms with E-state index in [1.165, 1.54) is 32.8 Å². The predicted molar refractivity (Wildman–Crippen MR) is 71.4 cm³/mol. The predicted octanol–water partition coefficient (Wildman–Crippen LogP) is 2.32. The van der Waals surface area contributed by atoms with Gasteiger partial charge in [0.15, 0.2) is 11.5 Å². The molecular weight excluding hydrogens is 242 g/mol. The molecule has 102 valence electrons. The lowest BCUT2D eigenvalue weighted by Crippen LogP contribution is -2.38. The minimum Gasteiger partial charge on any atom is -0.504 e. The van der Waals surface area contributed by atoms with Gasteiger partial charge in [-0.2, -0.15) is 0 Å². The van der Waals surface area contributed by atoms with Crippen LogP contribution in [-0.2, 0) is 0 Å². The van der Waals surface area contributed by atoms with Crippen molar-refractivity contribution in [3.05, 3.63) is 23.8 Å². The lowest BCUT2D eigenvalue weighted by Gasteiger charge is -2.18. The molecule has 4 heteroatoms. The number of phenolic OH excluding ortho intramolecular Hbond substituents is 1. The second kappa shape index (κ2) is 4.76. The third-order valence-corrected chi connectivity index (χ3v) is 4.02. The number of rotatable bonds is 5. The summed E-state index contributed by atoms with van der Waals surface area (Å²) in [5.41, 5.74) is 0.297. The first kappa shape index (κ1) is 12.3. The molecule has 19 heavy (non-hydrogen) atoms. The van der Waals surface area contributed by atoms with E-state index in [0.29, 0.717) is 23.1 Å². The monoisotopic (exact) mass is 261 g/mol. The average Bonchev–Trinajstić information content (AvgIpc) is 3.29. The first-order chi connectivity index (χ1) is 9.20. The van der Waals surface area contributed by atoms with E-state index in [9.17, 15) is 9.90 Å². The van der Waals surface area contributed by atoms with Gasteiger partial charge in [0.2, 0.25) is 0 Å². The number of hydrogen-bond acceptors (Lipinski definition) is 3. The number of para-hydroxylation sites is 1. The molecule has 0 atom stereocenters. The molecular formula is C15H19NO3. The van der Waals surface area contributed by atoms with Crippen LogP contribution in [0.3, 0.4) is 0 Å². The Morgan fingerprint density at radius 2 is 1.95 bits per heavy atom. The minimum atomic E-state index is -0.194. The standard InChI is InChI=1S/C15H19NO3/c1-19-12-4-2-3-11(14(12)17)15(18)16-13(9-5-6-9)10-7-8-10/h2-4,9-10,13,17H,5-8H2,1H3,(H,16,18). The number of benzene rings is 1. The van der Waals surface area contributed by atoms with Gasteiger partial charge in [0.05, 0.1) is 12.7 Å². The molecule has 1 aromatic rings. The highest BCUT2D eigenvalue weighted by Crippen LogP contribution is 2.44. The Morgan fingerprint density at radius 1 is 1.32 bits per heavy atom.